The van der Waals surface area contributed by atoms with Gasteiger partial charge in [0.15, 0.2) is 0 Å². The molecule has 5 rings (SSSR count). The van der Waals surface area contributed by atoms with Gasteiger partial charge in [0.25, 0.3) is 6.43 Å². The summed E-state index contributed by atoms with van der Waals surface area (Å²) < 4.78 is 43.9. The van der Waals surface area contributed by atoms with Crippen molar-refractivity contribution in [2.45, 2.75) is 58.5 Å². The molecule has 3 aliphatic rings. The highest BCUT2D eigenvalue weighted by Gasteiger charge is 2.29. The monoisotopic (exact) mass is 552 g/mol. The average molecular weight is 553 g/mol. The summed E-state index contributed by atoms with van der Waals surface area (Å²) in [5.41, 5.74) is 2.49. The van der Waals surface area contributed by atoms with Crippen LogP contribution in [-0.4, -0.2) is 64.3 Å². The van der Waals surface area contributed by atoms with Crippen molar-refractivity contribution < 1.29 is 13.2 Å². The van der Waals surface area contributed by atoms with Gasteiger partial charge in [0.2, 0.25) is 0 Å². The molecule has 1 saturated heterocycles. The Morgan fingerprint density at radius 2 is 1.84 bits per heavy atom. The first kappa shape index (κ1) is 27.9. The molecule has 0 spiro atoms. The topological polar surface area (TPSA) is 47.3 Å². The molecule has 6 nitrogen and oxygen atoms in total. The lowest BCUT2D eigenvalue weighted by atomic mass is 9.91. The number of anilines is 1. The van der Waals surface area contributed by atoms with Crippen LogP contribution < -0.4 is 4.31 Å². The van der Waals surface area contributed by atoms with Crippen LogP contribution in [0.15, 0.2) is 46.7 Å². The summed E-state index contributed by atoms with van der Waals surface area (Å²) in [6.45, 7) is 8.40. The smallest absolute Gasteiger partial charge is 0.278 e. The van der Waals surface area contributed by atoms with E-state index in [9.17, 15) is 13.2 Å². The van der Waals surface area contributed by atoms with Gasteiger partial charge in [-0.15, -0.1) is 0 Å². The third kappa shape index (κ3) is 7.04. The van der Waals surface area contributed by atoms with Crippen molar-refractivity contribution in [1.82, 2.24) is 14.2 Å². The van der Waals surface area contributed by atoms with E-state index < -0.39 is 12.2 Å². The van der Waals surface area contributed by atoms with Crippen LogP contribution in [0.5, 0.6) is 0 Å². The predicted octanol–water partition coefficient (Wildman–Crippen LogP) is 6.45. The number of alkyl halides is 2. The van der Waals surface area contributed by atoms with E-state index in [4.69, 9.17) is 11.6 Å². The zero-order valence-corrected chi connectivity index (χ0v) is 22.7. The van der Waals surface area contributed by atoms with E-state index in [0.717, 1.165) is 43.6 Å². The summed E-state index contributed by atoms with van der Waals surface area (Å²) >= 11 is 7.68. The summed E-state index contributed by atoms with van der Waals surface area (Å²) in [6.07, 6.45) is 3.00. The van der Waals surface area contributed by atoms with E-state index in [0.29, 0.717) is 17.8 Å². The zero-order valence-electron chi connectivity index (χ0n) is 21.1. The first-order valence-electron chi connectivity index (χ1n) is 12.7. The second-order valence-electron chi connectivity index (χ2n) is 8.92. The third-order valence-corrected chi connectivity index (χ3v) is 8.06. The number of hydrogen-bond acceptors (Lipinski definition) is 7. The Morgan fingerprint density at radius 1 is 1.08 bits per heavy atom. The lowest BCUT2D eigenvalue weighted by Gasteiger charge is -2.43. The minimum Gasteiger partial charge on any atom is -0.298 e. The SMILES string of the molecule is CC.Fc1ccc(N(Cc2ccc(C3=NN=C(C(F)F)C3)cn2)SN2CCN(C3CCC3)CC2)cc1Cl. The Bertz CT molecular complexity index is 1100. The van der Waals surface area contributed by atoms with Crippen molar-refractivity contribution in [3.63, 3.8) is 0 Å². The summed E-state index contributed by atoms with van der Waals surface area (Å²) in [4.78, 5) is 7.12. The van der Waals surface area contributed by atoms with Gasteiger partial charge in [0.1, 0.15) is 11.5 Å². The maximum atomic E-state index is 13.8. The number of hydrogen-bond donors (Lipinski definition) is 0. The molecule has 1 aromatic carbocycles. The quantitative estimate of drug-likeness (QED) is 0.352. The fourth-order valence-corrected chi connectivity index (χ4v) is 5.51. The first-order valence-corrected chi connectivity index (χ1v) is 13.8. The van der Waals surface area contributed by atoms with Gasteiger partial charge in [0.05, 0.1) is 28.7 Å². The van der Waals surface area contributed by atoms with Gasteiger partial charge in [-0.3, -0.25) is 14.2 Å². The molecule has 0 unspecified atom stereocenters. The van der Waals surface area contributed by atoms with Crippen LogP contribution in [0, 0.1) is 5.82 Å². The molecule has 3 heterocycles. The molecule has 0 bridgehead atoms. The predicted molar refractivity (Wildman–Crippen MR) is 146 cm³/mol. The molecule has 1 aromatic heterocycles. The molecular weight excluding hydrogens is 521 g/mol. The van der Waals surface area contributed by atoms with Gasteiger partial charge in [-0.05, 0) is 43.2 Å². The maximum Gasteiger partial charge on any atom is 0.278 e. The fraction of sp³-hybridized carbons (Fsp3) is 0.500. The number of aromatic nitrogens is 1. The standard InChI is InChI=1S/C24H26ClF3N6S.C2H6/c25-20-12-19(6-7-21(20)26)34(35-33-10-8-32(9-11-33)18-2-1-3-18)15-17-5-4-16(14-29-17)22-13-23(24(27)28)31-30-22;1-2/h4-7,12,14,18,24H,1-3,8-11,13,15H2;1-2H3. The Balaban J connectivity index is 0.00000156. The summed E-state index contributed by atoms with van der Waals surface area (Å²) in [5.74, 6) is -0.459. The van der Waals surface area contributed by atoms with Gasteiger partial charge in [0, 0.05) is 62.5 Å². The molecule has 0 atom stereocenters. The minimum absolute atomic E-state index is 0.0293. The second-order valence-corrected chi connectivity index (χ2v) is 10.4. The molecule has 0 amide bonds. The van der Waals surface area contributed by atoms with Crippen molar-refractivity contribution in [2.24, 2.45) is 10.2 Å². The van der Waals surface area contributed by atoms with Crippen LogP contribution in [0.25, 0.3) is 0 Å². The van der Waals surface area contributed by atoms with Crippen molar-refractivity contribution in [1.29, 1.82) is 0 Å². The largest absolute Gasteiger partial charge is 0.298 e. The maximum absolute atomic E-state index is 13.8. The minimum atomic E-state index is -2.60. The van der Waals surface area contributed by atoms with Crippen LogP contribution in [0.2, 0.25) is 5.02 Å². The molecular formula is C26H32ClF3N6S. The number of nitrogens with zero attached hydrogens (tertiary/aromatic N) is 6. The summed E-state index contributed by atoms with van der Waals surface area (Å²) in [7, 11) is 0. The van der Waals surface area contributed by atoms with Crippen molar-refractivity contribution in [3.8, 4) is 0 Å². The highest BCUT2D eigenvalue weighted by Crippen LogP contribution is 2.32. The van der Waals surface area contributed by atoms with Crippen molar-refractivity contribution in [3.05, 3.63) is 58.6 Å². The second kappa shape index (κ2) is 13.1. The Morgan fingerprint density at radius 3 is 2.41 bits per heavy atom. The van der Waals surface area contributed by atoms with Gasteiger partial charge in [-0.2, -0.15) is 10.2 Å². The van der Waals surface area contributed by atoms with E-state index in [1.807, 2.05) is 26.0 Å². The highest BCUT2D eigenvalue weighted by molar-refractivity contribution is 7.98. The number of rotatable bonds is 8. The van der Waals surface area contributed by atoms with E-state index in [1.165, 1.54) is 25.3 Å². The Hall–Kier alpha value is -2.14. The van der Waals surface area contributed by atoms with Crippen LogP contribution in [0.4, 0.5) is 18.9 Å². The van der Waals surface area contributed by atoms with Crippen LogP contribution in [0.1, 0.15) is 50.8 Å². The molecule has 1 aliphatic carbocycles. The number of benzene rings is 1. The van der Waals surface area contributed by atoms with E-state index >= 15 is 0 Å². The molecule has 200 valence electrons. The molecule has 2 aromatic rings. The molecule has 1 saturated carbocycles. The summed E-state index contributed by atoms with van der Waals surface area (Å²) in [6, 6.07) is 9.12. The molecule has 2 fully saturated rings. The number of halogens is 4. The third-order valence-electron chi connectivity index (χ3n) is 6.63. The average Bonchev–Trinajstić information content (AvgIpc) is 3.38. The lowest BCUT2D eigenvalue weighted by Crippen LogP contribution is -2.51. The van der Waals surface area contributed by atoms with Gasteiger partial charge in [-0.1, -0.05) is 31.9 Å². The zero-order chi connectivity index (χ0) is 26.4. The van der Waals surface area contributed by atoms with Gasteiger partial charge < -0.3 is 0 Å². The van der Waals surface area contributed by atoms with Crippen LogP contribution in [0.3, 0.4) is 0 Å². The molecule has 0 radical (unpaired) electrons. The molecule has 2 aliphatic heterocycles. The van der Waals surface area contributed by atoms with Gasteiger partial charge in [-0.25, -0.2) is 17.5 Å². The number of pyridine rings is 1. The summed E-state index contributed by atoms with van der Waals surface area (Å²) in [5, 5.41) is 7.52. The first-order chi connectivity index (χ1) is 18.0. The highest BCUT2D eigenvalue weighted by atomic mass is 35.5. The van der Waals surface area contributed by atoms with Crippen LogP contribution in [-0.2, 0) is 6.54 Å². The normalized spacial score (nSPS) is 18.7. The van der Waals surface area contributed by atoms with Crippen molar-refractivity contribution in [2.75, 3.05) is 30.5 Å². The lowest BCUT2D eigenvalue weighted by molar-refractivity contribution is 0.0919. The van der Waals surface area contributed by atoms with E-state index in [2.05, 4.69) is 28.7 Å². The van der Waals surface area contributed by atoms with Gasteiger partial charge >= 0.3 is 0 Å². The Kier molecular flexibility index (Phi) is 9.86. The Labute approximate surface area is 225 Å². The van der Waals surface area contributed by atoms with E-state index in [-0.39, 0.29) is 17.2 Å². The molecule has 37 heavy (non-hydrogen) atoms. The molecule has 0 N–H and O–H groups in total. The van der Waals surface area contributed by atoms with Crippen molar-refractivity contribution >= 4 is 40.8 Å². The van der Waals surface area contributed by atoms with Crippen LogP contribution >= 0.6 is 23.7 Å². The fourth-order valence-electron chi connectivity index (χ4n) is 4.33. The van der Waals surface area contributed by atoms with E-state index in [1.54, 1.807) is 30.5 Å². The number of piperazine rings is 1. The molecule has 11 heteroatoms.